The molecule has 1 saturated carbocycles. The molecule has 6 nitrogen and oxygen atoms in total. The molecule has 1 heterocycles. The second-order valence-corrected chi connectivity index (χ2v) is 9.28. The van der Waals surface area contributed by atoms with Crippen LogP contribution in [0.25, 0.3) is 0 Å². The molecule has 3 rings (SSSR count). The fourth-order valence-corrected chi connectivity index (χ4v) is 4.92. The number of halogens is 1. The van der Waals surface area contributed by atoms with Gasteiger partial charge in [-0.05, 0) is 31.0 Å². The van der Waals surface area contributed by atoms with E-state index in [0.29, 0.717) is 12.8 Å². The van der Waals surface area contributed by atoms with Crippen molar-refractivity contribution in [3.8, 4) is 11.8 Å². The van der Waals surface area contributed by atoms with Crippen molar-refractivity contribution in [1.82, 2.24) is 4.31 Å². The van der Waals surface area contributed by atoms with E-state index in [9.17, 15) is 17.6 Å². The van der Waals surface area contributed by atoms with Gasteiger partial charge in [-0.3, -0.25) is 4.79 Å². The maximum atomic E-state index is 13.0. The SMILES string of the molecule is CC1(C)CN(S(=O)(=O)C2CC2)C(=O)C1Oc1ccc(C#N)c(CF)c1. The molecule has 1 atom stereocenters. The molecule has 2 fully saturated rings. The summed E-state index contributed by atoms with van der Waals surface area (Å²) < 4.78 is 44.6. The normalized spacial score (nSPS) is 22.7. The highest BCUT2D eigenvalue weighted by atomic mass is 32.2. The number of rotatable bonds is 5. The Hall–Kier alpha value is -2.14. The summed E-state index contributed by atoms with van der Waals surface area (Å²) in [7, 11) is -3.63. The molecule has 1 aromatic carbocycles. The van der Waals surface area contributed by atoms with E-state index in [1.54, 1.807) is 13.8 Å². The van der Waals surface area contributed by atoms with Crippen molar-refractivity contribution in [3.05, 3.63) is 29.3 Å². The molecule has 134 valence electrons. The zero-order valence-electron chi connectivity index (χ0n) is 14.0. The Morgan fingerprint density at radius 2 is 2.08 bits per heavy atom. The molecule has 1 unspecified atom stereocenters. The standard InChI is InChI=1S/C17H19FN2O4S/c1-17(2)10-20(25(22,23)14-5-6-14)16(21)15(17)24-13-4-3-11(9-19)12(7-13)8-18/h3-4,7,14-15H,5-6,8,10H2,1-2H3. The smallest absolute Gasteiger partial charge is 0.277 e. The van der Waals surface area contributed by atoms with Gasteiger partial charge in [0.2, 0.25) is 10.0 Å². The van der Waals surface area contributed by atoms with Crippen LogP contribution in [0.15, 0.2) is 18.2 Å². The van der Waals surface area contributed by atoms with Gasteiger partial charge < -0.3 is 4.74 Å². The molecule has 8 heteroatoms. The van der Waals surface area contributed by atoms with Crippen molar-refractivity contribution in [3.63, 3.8) is 0 Å². The van der Waals surface area contributed by atoms with Crippen molar-refractivity contribution in [2.45, 2.75) is 44.7 Å². The lowest BCUT2D eigenvalue weighted by molar-refractivity contribution is -0.130. The van der Waals surface area contributed by atoms with Gasteiger partial charge in [0.05, 0.1) is 16.9 Å². The Morgan fingerprint density at radius 1 is 1.40 bits per heavy atom. The summed E-state index contributed by atoms with van der Waals surface area (Å²) in [6.07, 6.45) is 0.169. The zero-order valence-corrected chi connectivity index (χ0v) is 14.8. The maximum absolute atomic E-state index is 13.0. The highest BCUT2D eigenvalue weighted by Gasteiger charge is 2.55. The summed E-state index contributed by atoms with van der Waals surface area (Å²) in [6.45, 7) is 2.75. The van der Waals surface area contributed by atoms with Gasteiger partial charge in [-0.15, -0.1) is 0 Å². The third-order valence-corrected chi connectivity index (χ3v) is 6.82. The first-order valence-corrected chi connectivity index (χ1v) is 9.52. The molecule has 0 N–H and O–H groups in total. The lowest BCUT2D eigenvalue weighted by Gasteiger charge is -2.24. The number of amides is 1. The van der Waals surface area contributed by atoms with E-state index in [1.807, 2.05) is 6.07 Å². The second kappa shape index (κ2) is 5.99. The van der Waals surface area contributed by atoms with Crippen LogP contribution in [-0.4, -0.2) is 36.5 Å². The average Bonchev–Trinajstić information content (AvgIpc) is 3.39. The van der Waals surface area contributed by atoms with Gasteiger partial charge in [0, 0.05) is 17.5 Å². The van der Waals surface area contributed by atoms with Crippen LogP contribution in [0, 0.1) is 16.7 Å². The van der Waals surface area contributed by atoms with Crippen molar-refractivity contribution in [2.24, 2.45) is 5.41 Å². The Bertz CT molecular complexity index is 856. The van der Waals surface area contributed by atoms with Crippen LogP contribution < -0.4 is 4.74 Å². The summed E-state index contributed by atoms with van der Waals surface area (Å²) in [5.41, 5.74) is -0.349. The molecule has 1 aliphatic carbocycles. The molecular formula is C17H19FN2O4S. The average molecular weight is 366 g/mol. The summed E-state index contributed by atoms with van der Waals surface area (Å²) >= 11 is 0. The number of carbonyl (C=O) groups excluding carboxylic acids is 1. The van der Waals surface area contributed by atoms with Gasteiger partial charge in [0.1, 0.15) is 12.4 Å². The number of hydrogen-bond acceptors (Lipinski definition) is 5. The summed E-state index contributed by atoms with van der Waals surface area (Å²) in [6, 6.07) is 6.17. The van der Waals surface area contributed by atoms with Crippen LogP contribution >= 0.6 is 0 Å². The van der Waals surface area contributed by atoms with E-state index >= 15 is 0 Å². The third-order valence-electron chi connectivity index (χ3n) is 4.58. The van der Waals surface area contributed by atoms with Crippen LogP contribution in [0.3, 0.4) is 0 Å². The minimum absolute atomic E-state index is 0.0571. The van der Waals surface area contributed by atoms with Gasteiger partial charge in [-0.25, -0.2) is 17.1 Å². The van der Waals surface area contributed by atoms with E-state index in [0.717, 1.165) is 4.31 Å². The zero-order chi connectivity index (χ0) is 18.4. The topological polar surface area (TPSA) is 87.5 Å². The molecule has 0 radical (unpaired) electrons. The number of nitrogens with zero attached hydrogens (tertiary/aromatic N) is 2. The molecule has 0 spiro atoms. The van der Waals surface area contributed by atoms with Gasteiger partial charge in [0.15, 0.2) is 6.10 Å². The largest absolute Gasteiger partial charge is 0.480 e. The van der Waals surface area contributed by atoms with Crippen LogP contribution in [0.1, 0.15) is 37.8 Å². The van der Waals surface area contributed by atoms with Gasteiger partial charge >= 0.3 is 0 Å². The first-order chi connectivity index (χ1) is 11.7. The fraction of sp³-hybridized carbons (Fsp3) is 0.529. The number of benzene rings is 1. The van der Waals surface area contributed by atoms with Crippen molar-refractivity contribution < 1.29 is 22.3 Å². The Labute approximate surface area is 146 Å². The summed E-state index contributed by atoms with van der Waals surface area (Å²) in [4.78, 5) is 12.7. The lowest BCUT2D eigenvalue weighted by Crippen LogP contribution is -2.39. The first kappa shape index (κ1) is 17.7. The first-order valence-electron chi connectivity index (χ1n) is 8.02. The minimum Gasteiger partial charge on any atom is -0.480 e. The molecule has 2 aliphatic rings. The Balaban J connectivity index is 1.87. The second-order valence-electron chi connectivity index (χ2n) is 7.14. The molecular weight excluding hydrogens is 347 g/mol. The number of nitriles is 1. The highest BCUT2D eigenvalue weighted by Crippen LogP contribution is 2.40. The van der Waals surface area contributed by atoms with Crippen LogP contribution in [0.2, 0.25) is 0 Å². The number of hydrogen-bond donors (Lipinski definition) is 0. The fourth-order valence-electron chi connectivity index (χ4n) is 2.97. The molecule has 1 saturated heterocycles. The molecule has 1 amide bonds. The lowest BCUT2D eigenvalue weighted by atomic mass is 9.89. The van der Waals surface area contributed by atoms with E-state index in [2.05, 4.69) is 0 Å². The summed E-state index contributed by atoms with van der Waals surface area (Å²) in [5, 5.41) is 8.47. The molecule has 1 aliphatic heterocycles. The summed E-state index contributed by atoms with van der Waals surface area (Å²) in [5.74, 6) is -0.355. The maximum Gasteiger partial charge on any atom is 0.277 e. The number of alkyl halides is 1. The van der Waals surface area contributed by atoms with Crippen molar-refractivity contribution >= 4 is 15.9 Å². The predicted molar refractivity (Wildman–Crippen MR) is 87.8 cm³/mol. The van der Waals surface area contributed by atoms with Gasteiger partial charge in [-0.1, -0.05) is 13.8 Å². The monoisotopic (exact) mass is 366 g/mol. The Kier molecular flexibility index (Phi) is 4.23. The van der Waals surface area contributed by atoms with Crippen molar-refractivity contribution in [1.29, 1.82) is 5.26 Å². The van der Waals surface area contributed by atoms with E-state index < -0.39 is 39.4 Å². The number of ether oxygens (including phenoxy) is 1. The highest BCUT2D eigenvalue weighted by molar-refractivity contribution is 7.90. The van der Waals surface area contributed by atoms with E-state index in [-0.39, 0.29) is 23.4 Å². The van der Waals surface area contributed by atoms with Crippen LogP contribution in [-0.2, 0) is 21.5 Å². The van der Waals surface area contributed by atoms with E-state index in [4.69, 9.17) is 10.00 Å². The van der Waals surface area contributed by atoms with Gasteiger partial charge in [0.25, 0.3) is 5.91 Å². The van der Waals surface area contributed by atoms with Crippen LogP contribution in [0.4, 0.5) is 4.39 Å². The third kappa shape index (κ3) is 3.09. The van der Waals surface area contributed by atoms with Crippen LogP contribution in [0.5, 0.6) is 5.75 Å². The number of carbonyl (C=O) groups is 1. The molecule has 25 heavy (non-hydrogen) atoms. The minimum atomic E-state index is -3.63. The quantitative estimate of drug-likeness (QED) is 0.797. The van der Waals surface area contributed by atoms with Crippen molar-refractivity contribution in [2.75, 3.05) is 6.54 Å². The molecule has 0 aromatic heterocycles. The van der Waals surface area contributed by atoms with Gasteiger partial charge in [-0.2, -0.15) is 5.26 Å². The predicted octanol–water partition coefficient (Wildman–Crippen LogP) is 2.14. The molecule has 0 bridgehead atoms. The van der Waals surface area contributed by atoms with E-state index in [1.165, 1.54) is 18.2 Å². The molecule has 1 aromatic rings. The Morgan fingerprint density at radius 3 is 2.64 bits per heavy atom. The number of sulfonamides is 1.